The molecular formula is C29H29N7Na2O4. The molecule has 4 heterocycles. The first kappa shape index (κ1) is 32.1. The summed E-state index contributed by atoms with van der Waals surface area (Å²) in [5.41, 5.74) is 4.84. The Morgan fingerprint density at radius 3 is 2.45 bits per heavy atom. The van der Waals surface area contributed by atoms with Gasteiger partial charge in [-0.15, -0.1) is 10.2 Å². The molecule has 2 aromatic heterocycles. The number of rotatable bonds is 7. The summed E-state index contributed by atoms with van der Waals surface area (Å²) in [6.45, 7) is 6.21. The summed E-state index contributed by atoms with van der Waals surface area (Å²) in [6, 6.07) is 15.1. The van der Waals surface area contributed by atoms with Crippen molar-refractivity contribution < 1.29 is 19.4 Å². The molecule has 2 radical (unpaired) electrons. The van der Waals surface area contributed by atoms with Gasteiger partial charge in [-0.2, -0.15) is 5.21 Å². The number of nitrogens with one attached hydrogen (secondary N) is 1. The number of fused-ring (bicyclic) bond motifs is 3. The summed E-state index contributed by atoms with van der Waals surface area (Å²) in [4.78, 5) is 32.5. The monoisotopic (exact) mass is 585 g/mol. The Kier molecular flexibility index (Phi) is 10.1. The van der Waals surface area contributed by atoms with Crippen molar-refractivity contribution in [2.45, 2.75) is 45.6 Å². The van der Waals surface area contributed by atoms with E-state index in [2.05, 4.69) is 27.5 Å². The van der Waals surface area contributed by atoms with Crippen LogP contribution in [0.4, 0.5) is 0 Å². The molecular weight excluding hydrogens is 556 g/mol. The average molecular weight is 586 g/mol. The first-order chi connectivity index (χ1) is 19.4. The molecule has 1 amide bonds. The molecule has 4 aromatic rings. The fraction of sp³-hybridized carbons (Fsp3) is 0.310. The Morgan fingerprint density at radius 1 is 1.10 bits per heavy atom. The number of carbonyl (C=O) groups excluding carboxylic acids is 2. The van der Waals surface area contributed by atoms with E-state index in [-0.39, 0.29) is 83.0 Å². The van der Waals surface area contributed by atoms with Crippen LogP contribution in [-0.2, 0) is 20.7 Å². The van der Waals surface area contributed by atoms with Gasteiger partial charge in [-0.1, -0.05) is 50.2 Å². The molecule has 0 fully saturated rings. The molecule has 0 saturated heterocycles. The molecule has 2 aromatic carbocycles. The molecule has 2 unspecified atom stereocenters. The van der Waals surface area contributed by atoms with Crippen LogP contribution in [0.5, 0.6) is 0 Å². The number of ether oxygens (including phenoxy) is 1. The number of nitrogens with zero attached hydrogens (tertiary/aromatic N) is 6. The van der Waals surface area contributed by atoms with Crippen LogP contribution in [0.25, 0.3) is 28.2 Å². The van der Waals surface area contributed by atoms with Crippen molar-refractivity contribution in [3.8, 4) is 28.2 Å². The second kappa shape index (κ2) is 13.2. The third kappa shape index (κ3) is 5.38. The zero-order chi connectivity index (χ0) is 28.0. The molecule has 2 aliphatic heterocycles. The molecule has 42 heavy (non-hydrogen) atoms. The van der Waals surface area contributed by atoms with E-state index in [1.54, 1.807) is 11.8 Å². The Balaban J connectivity index is 0.00000202. The SMILES string of the molecule is CCCc1nc2c(n1-c1ccc(-c3ccccc3-c3nn[nH]n3)cc1)C1C(O)=C(C(=O)OCC)C(=O)N1CC2C.[Na].[Na]. The van der Waals surface area contributed by atoms with Crippen LogP contribution < -0.4 is 0 Å². The number of aromatic nitrogens is 6. The minimum atomic E-state index is -0.810. The van der Waals surface area contributed by atoms with E-state index in [1.165, 1.54) is 0 Å². The molecule has 206 valence electrons. The maximum atomic E-state index is 13.3. The van der Waals surface area contributed by atoms with Crippen molar-refractivity contribution in [3.63, 3.8) is 0 Å². The minimum Gasteiger partial charge on any atom is -0.509 e. The quantitative estimate of drug-likeness (QED) is 0.191. The van der Waals surface area contributed by atoms with Gasteiger partial charge in [-0.3, -0.25) is 9.36 Å². The first-order valence-electron chi connectivity index (χ1n) is 13.4. The number of aromatic amines is 1. The maximum absolute atomic E-state index is 13.3. The van der Waals surface area contributed by atoms with E-state index in [0.717, 1.165) is 40.3 Å². The number of amides is 1. The third-order valence-electron chi connectivity index (χ3n) is 7.41. The molecule has 0 spiro atoms. The molecule has 6 rings (SSSR count). The van der Waals surface area contributed by atoms with E-state index in [1.807, 2.05) is 60.0 Å². The van der Waals surface area contributed by atoms with Crippen molar-refractivity contribution in [2.24, 2.45) is 0 Å². The Morgan fingerprint density at radius 2 is 1.81 bits per heavy atom. The molecule has 2 aliphatic rings. The summed E-state index contributed by atoms with van der Waals surface area (Å²) in [5.74, 6) is -0.345. The molecule has 0 saturated carbocycles. The van der Waals surface area contributed by atoms with Crippen LogP contribution in [0.15, 0.2) is 59.9 Å². The van der Waals surface area contributed by atoms with Gasteiger partial charge in [0.05, 0.1) is 18.0 Å². The summed E-state index contributed by atoms with van der Waals surface area (Å²) >= 11 is 0. The maximum Gasteiger partial charge on any atom is 0.347 e. The molecule has 13 heteroatoms. The second-order valence-electron chi connectivity index (χ2n) is 9.95. The van der Waals surface area contributed by atoms with Crippen molar-refractivity contribution in [1.29, 1.82) is 0 Å². The van der Waals surface area contributed by atoms with E-state index in [0.29, 0.717) is 24.5 Å². The van der Waals surface area contributed by atoms with Gasteiger partial charge in [0.15, 0.2) is 5.57 Å². The topological polar surface area (TPSA) is 139 Å². The molecule has 11 nitrogen and oxygen atoms in total. The van der Waals surface area contributed by atoms with Crippen LogP contribution in [0.3, 0.4) is 0 Å². The van der Waals surface area contributed by atoms with Gasteiger partial charge < -0.3 is 14.7 Å². The van der Waals surface area contributed by atoms with Gasteiger partial charge in [0.25, 0.3) is 5.91 Å². The number of aliphatic hydroxyl groups excluding tert-OH is 1. The Labute approximate surface area is 287 Å². The van der Waals surface area contributed by atoms with Crippen molar-refractivity contribution in [3.05, 3.63) is 77.1 Å². The number of imidazole rings is 1. The van der Waals surface area contributed by atoms with Gasteiger partial charge >= 0.3 is 5.97 Å². The van der Waals surface area contributed by atoms with Crippen LogP contribution in [0, 0.1) is 0 Å². The summed E-state index contributed by atoms with van der Waals surface area (Å²) in [7, 11) is 0. The number of H-pyrrole nitrogens is 1. The van der Waals surface area contributed by atoms with E-state index >= 15 is 0 Å². The van der Waals surface area contributed by atoms with E-state index < -0.39 is 17.9 Å². The molecule has 2 atom stereocenters. The van der Waals surface area contributed by atoms with Crippen LogP contribution in [0.2, 0.25) is 0 Å². The molecule has 2 N–H and O–H groups in total. The number of tetrazole rings is 1. The van der Waals surface area contributed by atoms with Crippen molar-refractivity contribution in [2.75, 3.05) is 13.2 Å². The van der Waals surface area contributed by atoms with E-state index in [4.69, 9.17) is 9.72 Å². The number of aliphatic hydroxyl groups is 1. The number of carbonyl (C=O) groups is 2. The Hall–Kier alpha value is -2.80. The second-order valence-corrected chi connectivity index (χ2v) is 9.95. The summed E-state index contributed by atoms with van der Waals surface area (Å²) in [5, 5.41) is 25.7. The van der Waals surface area contributed by atoms with Gasteiger partial charge in [0.1, 0.15) is 17.6 Å². The number of hydrogen-bond acceptors (Lipinski definition) is 8. The standard InChI is InChI=1S/C29H29N7O4.2Na/c1-4-8-21-30-23-16(3)15-35-25(26(37)22(28(35)38)29(39)40-5-2)24(23)36(21)18-13-11-17(12-14-18)19-9-6-7-10-20(19)27-31-33-34-32-27;;/h6-7,9-14,16,25,37H,4-5,8,15H2,1-3H3,(H,31,32,33,34);;. The molecule has 0 aliphatic carbocycles. The zero-order valence-electron chi connectivity index (χ0n) is 24.5. The fourth-order valence-electron chi connectivity index (χ4n) is 5.70. The summed E-state index contributed by atoms with van der Waals surface area (Å²) < 4.78 is 7.12. The van der Waals surface area contributed by atoms with Crippen LogP contribution in [0.1, 0.15) is 56.4 Å². The number of benzene rings is 2. The Bertz CT molecular complexity index is 1630. The largest absolute Gasteiger partial charge is 0.509 e. The van der Waals surface area contributed by atoms with Crippen LogP contribution >= 0.6 is 0 Å². The predicted molar refractivity (Wildman–Crippen MR) is 157 cm³/mol. The normalized spacial score (nSPS) is 17.3. The smallest absolute Gasteiger partial charge is 0.347 e. The van der Waals surface area contributed by atoms with Gasteiger partial charge in [0.2, 0.25) is 5.82 Å². The van der Waals surface area contributed by atoms with Crippen LogP contribution in [-0.4, -0.2) is 124 Å². The summed E-state index contributed by atoms with van der Waals surface area (Å²) in [6.07, 6.45) is 1.57. The van der Waals surface area contributed by atoms with Crippen molar-refractivity contribution in [1.82, 2.24) is 35.1 Å². The van der Waals surface area contributed by atoms with E-state index in [9.17, 15) is 14.7 Å². The van der Waals surface area contributed by atoms with Gasteiger partial charge in [0, 0.05) is 89.2 Å². The predicted octanol–water partition coefficient (Wildman–Crippen LogP) is 3.29. The number of hydrogen-bond donors (Lipinski definition) is 2. The minimum absolute atomic E-state index is 0. The fourth-order valence-corrected chi connectivity index (χ4v) is 5.70. The van der Waals surface area contributed by atoms with Crippen molar-refractivity contribution >= 4 is 71.0 Å². The zero-order valence-corrected chi connectivity index (χ0v) is 28.5. The van der Waals surface area contributed by atoms with Gasteiger partial charge in [-0.05, 0) is 41.8 Å². The average Bonchev–Trinajstić information content (AvgIpc) is 3.67. The van der Waals surface area contributed by atoms with Gasteiger partial charge in [-0.25, -0.2) is 9.78 Å². The number of esters is 1. The number of aryl methyl sites for hydroxylation is 1. The molecule has 0 bridgehead atoms. The third-order valence-corrected chi connectivity index (χ3v) is 7.41. The first-order valence-corrected chi connectivity index (χ1v) is 13.4.